The van der Waals surface area contributed by atoms with Crippen molar-refractivity contribution >= 4 is 29.1 Å². The molecule has 1 atom stereocenters. The smallest absolute Gasteiger partial charge is 0.227 e. The molecular weight excluding hydrogens is 412 g/mol. The van der Waals surface area contributed by atoms with Crippen LogP contribution < -0.4 is 15.0 Å². The predicted molar refractivity (Wildman–Crippen MR) is 121 cm³/mol. The average Bonchev–Trinajstić information content (AvgIpc) is 3.20. The van der Waals surface area contributed by atoms with Gasteiger partial charge in [0.05, 0.1) is 5.92 Å². The van der Waals surface area contributed by atoms with E-state index in [9.17, 15) is 9.59 Å². The molecule has 0 aliphatic carbocycles. The van der Waals surface area contributed by atoms with Crippen molar-refractivity contribution in [2.24, 2.45) is 5.92 Å². The lowest BCUT2D eigenvalue weighted by atomic mass is 10.1. The summed E-state index contributed by atoms with van der Waals surface area (Å²) in [5.74, 6) is 0.198. The molecule has 1 aliphatic rings. The molecular formula is C25H23ClN2O3. The Morgan fingerprint density at radius 3 is 2.39 bits per heavy atom. The van der Waals surface area contributed by atoms with E-state index in [1.54, 1.807) is 17.0 Å². The summed E-state index contributed by atoms with van der Waals surface area (Å²) in [6.45, 7) is 1.27. The van der Waals surface area contributed by atoms with Crippen molar-refractivity contribution in [3.63, 3.8) is 0 Å². The molecule has 1 heterocycles. The van der Waals surface area contributed by atoms with E-state index in [0.717, 1.165) is 22.6 Å². The molecule has 0 aromatic heterocycles. The van der Waals surface area contributed by atoms with Gasteiger partial charge < -0.3 is 15.0 Å². The van der Waals surface area contributed by atoms with Gasteiger partial charge in [0.1, 0.15) is 12.4 Å². The molecule has 0 saturated carbocycles. The maximum atomic E-state index is 12.5. The van der Waals surface area contributed by atoms with Gasteiger partial charge in [-0.05, 0) is 47.5 Å². The molecule has 1 N–H and O–H groups in total. The first-order valence-corrected chi connectivity index (χ1v) is 10.6. The highest BCUT2D eigenvalue weighted by Crippen LogP contribution is 2.27. The van der Waals surface area contributed by atoms with Crippen molar-refractivity contribution in [2.75, 3.05) is 11.4 Å². The molecule has 0 radical (unpaired) electrons. The van der Waals surface area contributed by atoms with E-state index in [-0.39, 0.29) is 24.2 Å². The number of nitrogens with zero attached hydrogens (tertiary/aromatic N) is 1. The minimum Gasteiger partial charge on any atom is -0.489 e. The highest BCUT2D eigenvalue weighted by Gasteiger charge is 2.35. The molecule has 158 valence electrons. The lowest BCUT2D eigenvalue weighted by Crippen LogP contribution is -2.32. The minimum atomic E-state index is -0.367. The van der Waals surface area contributed by atoms with E-state index in [4.69, 9.17) is 16.3 Å². The Bertz CT molecular complexity index is 1040. The fourth-order valence-electron chi connectivity index (χ4n) is 3.53. The summed E-state index contributed by atoms with van der Waals surface area (Å²) in [5.41, 5.74) is 2.82. The molecule has 2 amide bonds. The fourth-order valence-corrected chi connectivity index (χ4v) is 3.66. The van der Waals surface area contributed by atoms with Crippen LogP contribution in [0.4, 0.5) is 5.69 Å². The van der Waals surface area contributed by atoms with Gasteiger partial charge in [-0.1, -0.05) is 54.1 Å². The van der Waals surface area contributed by atoms with Gasteiger partial charge in [-0.3, -0.25) is 9.59 Å². The van der Waals surface area contributed by atoms with E-state index < -0.39 is 0 Å². The number of rotatable bonds is 7. The Morgan fingerprint density at radius 1 is 0.968 bits per heavy atom. The van der Waals surface area contributed by atoms with E-state index in [1.165, 1.54) is 0 Å². The standard InChI is InChI=1S/C25H23ClN2O3/c26-21-8-6-18(7-9-21)15-27-25(30)20-14-24(29)28(16-20)22-10-12-23(13-11-22)31-17-19-4-2-1-3-5-19/h1-13,20H,14-17H2,(H,27,30). The molecule has 31 heavy (non-hydrogen) atoms. The number of amides is 2. The molecule has 1 aliphatic heterocycles. The SMILES string of the molecule is O=C(NCc1ccc(Cl)cc1)C1CC(=O)N(c2ccc(OCc3ccccc3)cc2)C1. The van der Waals surface area contributed by atoms with Crippen LogP contribution in [-0.4, -0.2) is 18.4 Å². The monoisotopic (exact) mass is 434 g/mol. The maximum Gasteiger partial charge on any atom is 0.227 e. The van der Waals surface area contributed by atoms with Crippen molar-refractivity contribution in [1.82, 2.24) is 5.32 Å². The Hall–Kier alpha value is -3.31. The van der Waals surface area contributed by atoms with Gasteiger partial charge in [-0.25, -0.2) is 0 Å². The van der Waals surface area contributed by atoms with Gasteiger partial charge in [0.2, 0.25) is 11.8 Å². The summed E-state index contributed by atoms with van der Waals surface area (Å²) >= 11 is 5.89. The normalized spacial score (nSPS) is 15.7. The van der Waals surface area contributed by atoms with E-state index in [2.05, 4.69) is 5.32 Å². The zero-order valence-corrected chi connectivity index (χ0v) is 17.7. The number of hydrogen-bond donors (Lipinski definition) is 1. The van der Waals surface area contributed by atoms with E-state index >= 15 is 0 Å². The van der Waals surface area contributed by atoms with Gasteiger partial charge in [-0.15, -0.1) is 0 Å². The van der Waals surface area contributed by atoms with Gasteiger partial charge in [0.15, 0.2) is 0 Å². The number of halogens is 1. The molecule has 4 rings (SSSR count). The van der Waals surface area contributed by atoms with Crippen LogP contribution in [0.3, 0.4) is 0 Å². The summed E-state index contributed by atoms with van der Waals surface area (Å²) < 4.78 is 5.80. The average molecular weight is 435 g/mol. The predicted octanol–water partition coefficient (Wildman–Crippen LogP) is 4.59. The number of anilines is 1. The molecule has 6 heteroatoms. The third kappa shape index (κ3) is 5.44. The van der Waals surface area contributed by atoms with Crippen LogP contribution in [0.15, 0.2) is 78.9 Å². The topological polar surface area (TPSA) is 58.6 Å². The Balaban J connectivity index is 1.31. The molecule has 1 saturated heterocycles. The molecule has 0 bridgehead atoms. The van der Waals surface area contributed by atoms with Gasteiger partial charge in [-0.2, -0.15) is 0 Å². The van der Waals surface area contributed by atoms with Gasteiger partial charge in [0, 0.05) is 30.2 Å². The molecule has 3 aromatic rings. The minimum absolute atomic E-state index is 0.0513. The fraction of sp³-hybridized carbons (Fsp3) is 0.200. The third-order valence-corrected chi connectivity index (χ3v) is 5.52. The summed E-state index contributed by atoms with van der Waals surface area (Å²) in [4.78, 5) is 26.7. The van der Waals surface area contributed by atoms with Crippen LogP contribution in [0.25, 0.3) is 0 Å². The zero-order chi connectivity index (χ0) is 21.6. The highest BCUT2D eigenvalue weighted by atomic mass is 35.5. The molecule has 1 fully saturated rings. The largest absolute Gasteiger partial charge is 0.489 e. The second-order valence-corrected chi connectivity index (χ2v) is 7.95. The van der Waals surface area contributed by atoms with Crippen molar-refractivity contribution in [1.29, 1.82) is 0 Å². The lowest BCUT2D eigenvalue weighted by Gasteiger charge is -2.17. The number of ether oxygens (including phenoxy) is 1. The van der Waals surface area contributed by atoms with Crippen LogP contribution >= 0.6 is 11.6 Å². The van der Waals surface area contributed by atoms with Crippen LogP contribution in [0.5, 0.6) is 5.75 Å². The van der Waals surface area contributed by atoms with Crippen molar-refractivity contribution < 1.29 is 14.3 Å². The van der Waals surface area contributed by atoms with Crippen molar-refractivity contribution in [2.45, 2.75) is 19.6 Å². The number of benzene rings is 3. The summed E-state index contributed by atoms with van der Waals surface area (Å²) in [5, 5.41) is 3.57. The Labute approximate surface area is 186 Å². The summed E-state index contributed by atoms with van der Waals surface area (Å²) in [6.07, 6.45) is 0.207. The number of hydrogen-bond acceptors (Lipinski definition) is 3. The molecule has 0 spiro atoms. The second kappa shape index (κ2) is 9.67. The van der Waals surface area contributed by atoms with Gasteiger partial charge in [0.25, 0.3) is 0 Å². The summed E-state index contributed by atoms with van der Waals surface area (Å²) in [6, 6.07) is 24.7. The first-order valence-electron chi connectivity index (χ1n) is 10.2. The first-order chi connectivity index (χ1) is 15.1. The molecule has 1 unspecified atom stereocenters. The number of carbonyl (C=O) groups is 2. The van der Waals surface area contributed by atoms with Crippen LogP contribution in [0.2, 0.25) is 5.02 Å². The Morgan fingerprint density at radius 2 is 1.68 bits per heavy atom. The number of carbonyl (C=O) groups excluding carboxylic acids is 2. The summed E-state index contributed by atoms with van der Waals surface area (Å²) in [7, 11) is 0. The van der Waals surface area contributed by atoms with Crippen molar-refractivity contribution in [3.05, 3.63) is 95.0 Å². The van der Waals surface area contributed by atoms with Crippen LogP contribution in [0.1, 0.15) is 17.5 Å². The lowest BCUT2D eigenvalue weighted by molar-refractivity contribution is -0.126. The Kier molecular flexibility index (Phi) is 6.53. The molecule has 3 aromatic carbocycles. The van der Waals surface area contributed by atoms with Crippen LogP contribution in [0, 0.1) is 5.92 Å². The molecule has 5 nitrogen and oxygen atoms in total. The highest BCUT2D eigenvalue weighted by molar-refractivity contribution is 6.30. The first kappa shape index (κ1) is 20.9. The third-order valence-electron chi connectivity index (χ3n) is 5.27. The zero-order valence-electron chi connectivity index (χ0n) is 17.0. The van der Waals surface area contributed by atoms with E-state index in [1.807, 2.05) is 66.7 Å². The quantitative estimate of drug-likeness (QED) is 0.591. The van der Waals surface area contributed by atoms with Crippen molar-refractivity contribution in [3.8, 4) is 5.75 Å². The number of nitrogens with one attached hydrogen (secondary N) is 1. The maximum absolute atomic E-state index is 12.5. The second-order valence-electron chi connectivity index (χ2n) is 7.52. The van der Waals surface area contributed by atoms with Gasteiger partial charge >= 0.3 is 0 Å². The van der Waals surface area contributed by atoms with Crippen LogP contribution in [-0.2, 0) is 22.7 Å². The van der Waals surface area contributed by atoms with E-state index in [0.29, 0.717) is 24.7 Å².